The molecule has 1 aromatic heterocycles. The molecule has 2 aromatic carbocycles. The number of carbonyl (C=O) groups excluding carboxylic acids is 3. The van der Waals surface area contributed by atoms with E-state index in [1.165, 1.54) is 0 Å². The number of ether oxygens (including phenoxy) is 3. The molecular formula is C21H18O7. The van der Waals surface area contributed by atoms with Gasteiger partial charge in [0, 0.05) is 5.39 Å². The zero-order valence-electron chi connectivity index (χ0n) is 15.2. The number of fused-ring (bicyclic) bond motifs is 1. The maximum Gasteiger partial charge on any atom is 0.374 e. The second-order valence-corrected chi connectivity index (χ2v) is 5.73. The van der Waals surface area contributed by atoms with E-state index in [0.29, 0.717) is 28.4 Å². The predicted octanol–water partition coefficient (Wildman–Crippen LogP) is 3.54. The molecule has 3 aromatic rings. The molecule has 0 spiro atoms. The Balaban J connectivity index is 1.70. The van der Waals surface area contributed by atoms with E-state index < -0.39 is 11.9 Å². The van der Waals surface area contributed by atoms with Crippen LogP contribution in [0.15, 0.2) is 52.9 Å². The van der Waals surface area contributed by atoms with Crippen molar-refractivity contribution < 1.29 is 33.0 Å². The molecule has 0 saturated heterocycles. The van der Waals surface area contributed by atoms with Gasteiger partial charge in [-0.15, -0.1) is 0 Å². The number of benzene rings is 2. The van der Waals surface area contributed by atoms with Crippen LogP contribution in [-0.2, 0) is 20.9 Å². The standard InChI is InChI=1S/C21H18O7/c1-2-25-21(24)20-16(15-8-4-6-10-18(15)28-20)12-27-19(23)13-26-17-9-5-3-7-14(17)11-22/h3-11H,2,12-13H2,1H3. The molecule has 0 atom stereocenters. The van der Waals surface area contributed by atoms with Gasteiger partial charge in [0.25, 0.3) is 0 Å². The van der Waals surface area contributed by atoms with Crippen LogP contribution in [-0.4, -0.2) is 31.4 Å². The molecule has 1 heterocycles. The number of hydrogen-bond donors (Lipinski definition) is 0. The molecule has 0 unspecified atom stereocenters. The van der Waals surface area contributed by atoms with Gasteiger partial charge in [0.1, 0.15) is 17.9 Å². The normalized spacial score (nSPS) is 10.5. The van der Waals surface area contributed by atoms with Crippen molar-refractivity contribution >= 4 is 29.2 Å². The Morgan fingerprint density at radius 3 is 2.57 bits per heavy atom. The van der Waals surface area contributed by atoms with Crippen molar-refractivity contribution in [3.05, 3.63) is 65.4 Å². The molecule has 28 heavy (non-hydrogen) atoms. The van der Waals surface area contributed by atoms with E-state index in [0.717, 1.165) is 0 Å². The van der Waals surface area contributed by atoms with Crippen LogP contribution < -0.4 is 4.74 Å². The van der Waals surface area contributed by atoms with Crippen LogP contribution in [0.2, 0.25) is 0 Å². The van der Waals surface area contributed by atoms with Crippen molar-refractivity contribution in [1.82, 2.24) is 0 Å². The van der Waals surface area contributed by atoms with Crippen LogP contribution in [0, 0.1) is 0 Å². The molecule has 0 aliphatic carbocycles. The van der Waals surface area contributed by atoms with E-state index in [2.05, 4.69) is 0 Å². The van der Waals surface area contributed by atoms with E-state index in [9.17, 15) is 14.4 Å². The molecule has 3 rings (SSSR count). The van der Waals surface area contributed by atoms with Crippen LogP contribution in [0.3, 0.4) is 0 Å². The Kier molecular flexibility index (Phi) is 6.06. The summed E-state index contributed by atoms with van der Waals surface area (Å²) < 4.78 is 21.2. The number of aldehydes is 1. The quantitative estimate of drug-likeness (QED) is 0.434. The zero-order chi connectivity index (χ0) is 19.9. The van der Waals surface area contributed by atoms with Crippen LogP contribution in [0.4, 0.5) is 0 Å². The molecule has 0 N–H and O–H groups in total. The molecule has 0 bridgehead atoms. The van der Waals surface area contributed by atoms with Gasteiger partial charge in [0.15, 0.2) is 12.9 Å². The summed E-state index contributed by atoms with van der Waals surface area (Å²) in [6.07, 6.45) is 0.643. The Morgan fingerprint density at radius 1 is 1.04 bits per heavy atom. The summed E-state index contributed by atoms with van der Waals surface area (Å²) >= 11 is 0. The van der Waals surface area contributed by atoms with Gasteiger partial charge >= 0.3 is 11.9 Å². The molecule has 0 fully saturated rings. The first kappa shape index (κ1) is 19.2. The summed E-state index contributed by atoms with van der Waals surface area (Å²) in [5.41, 5.74) is 1.25. The van der Waals surface area contributed by atoms with Crippen molar-refractivity contribution in [1.29, 1.82) is 0 Å². The largest absolute Gasteiger partial charge is 0.481 e. The van der Waals surface area contributed by atoms with Gasteiger partial charge in [-0.2, -0.15) is 0 Å². The lowest BCUT2D eigenvalue weighted by Gasteiger charge is -2.09. The maximum atomic E-state index is 12.1. The third-order valence-corrected chi connectivity index (χ3v) is 3.93. The van der Waals surface area contributed by atoms with Gasteiger partial charge in [0.2, 0.25) is 5.76 Å². The lowest BCUT2D eigenvalue weighted by molar-refractivity contribution is -0.147. The van der Waals surface area contributed by atoms with Crippen molar-refractivity contribution in [3.8, 4) is 5.75 Å². The van der Waals surface area contributed by atoms with Gasteiger partial charge in [-0.05, 0) is 25.1 Å². The highest BCUT2D eigenvalue weighted by molar-refractivity contribution is 5.96. The topological polar surface area (TPSA) is 92.0 Å². The number of carbonyl (C=O) groups is 3. The molecule has 0 aliphatic rings. The minimum absolute atomic E-state index is 0.00284. The molecule has 144 valence electrons. The van der Waals surface area contributed by atoms with Crippen molar-refractivity contribution in [2.45, 2.75) is 13.5 Å². The van der Waals surface area contributed by atoms with Gasteiger partial charge in [-0.3, -0.25) is 4.79 Å². The maximum absolute atomic E-state index is 12.1. The van der Waals surface area contributed by atoms with Crippen LogP contribution in [0.25, 0.3) is 11.0 Å². The number of furan rings is 1. The first-order valence-electron chi connectivity index (χ1n) is 8.64. The summed E-state index contributed by atoms with van der Waals surface area (Å²) in [6, 6.07) is 13.6. The van der Waals surface area contributed by atoms with E-state index in [1.54, 1.807) is 55.5 Å². The third kappa shape index (κ3) is 4.20. The molecular weight excluding hydrogens is 364 g/mol. The van der Waals surface area contributed by atoms with Crippen molar-refractivity contribution in [2.75, 3.05) is 13.2 Å². The number of rotatable bonds is 8. The van der Waals surface area contributed by atoms with E-state index in [4.69, 9.17) is 18.6 Å². The van der Waals surface area contributed by atoms with Crippen molar-refractivity contribution in [3.63, 3.8) is 0 Å². The average molecular weight is 382 g/mol. The van der Waals surface area contributed by atoms with E-state index >= 15 is 0 Å². The minimum Gasteiger partial charge on any atom is -0.481 e. The fourth-order valence-electron chi connectivity index (χ4n) is 2.64. The zero-order valence-corrected chi connectivity index (χ0v) is 15.2. The van der Waals surface area contributed by atoms with E-state index in [-0.39, 0.29) is 31.3 Å². The van der Waals surface area contributed by atoms with Gasteiger partial charge in [-0.1, -0.05) is 30.3 Å². The average Bonchev–Trinajstić information content (AvgIpc) is 3.10. The summed E-state index contributed by atoms with van der Waals surface area (Å²) in [4.78, 5) is 35.2. The van der Waals surface area contributed by atoms with Crippen molar-refractivity contribution in [2.24, 2.45) is 0 Å². The van der Waals surface area contributed by atoms with Crippen LogP contribution in [0.1, 0.15) is 33.4 Å². The highest BCUT2D eigenvalue weighted by Gasteiger charge is 2.22. The fraction of sp³-hybridized carbons (Fsp3) is 0.190. The SMILES string of the molecule is CCOC(=O)c1oc2ccccc2c1COC(=O)COc1ccccc1C=O. The lowest BCUT2D eigenvalue weighted by atomic mass is 10.1. The molecule has 7 nitrogen and oxygen atoms in total. The first-order chi connectivity index (χ1) is 13.6. The molecule has 0 radical (unpaired) electrons. The Hall–Kier alpha value is -3.61. The Bertz CT molecular complexity index is 1000. The minimum atomic E-state index is -0.652. The fourth-order valence-corrected chi connectivity index (χ4v) is 2.64. The van der Waals surface area contributed by atoms with Crippen LogP contribution in [0.5, 0.6) is 5.75 Å². The second kappa shape index (κ2) is 8.85. The second-order valence-electron chi connectivity index (χ2n) is 5.73. The first-order valence-corrected chi connectivity index (χ1v) is 8.64. The predicted molar refractivity (Wildman–Crippen MR) is 99.3 cm³/mol. The Morgan fingerprint density at radius 2 is 1.79 bits per heavy atom. The molecule has 0 saturated carbocycles. The number of hydrogen-bond acceptors (Lipinski definition) is 7. The number of esters is 2. The summed E-state index contributed by atoms with van der Waals surface area (Å²) in [5.74, 6) is -0.986. The smallest absolute Gasteiger partial charge is 0.374 e. The Labute approximate surface area is 160 Å². The summed E-state index contributed by atoms with van der Waals surface area (Å²) in [5, 5.41) is 0.658. The summed E-state index contributed by atoms with van der Waals surface area (Å²) in [7, 11) is 0. The van der Waals surface area contributed by atoms with E-state index in [1.807, 2.05) is 0 Å². The molecule has 7 heteroatoms. The van der Waals surface area contributed by atoms with Gasteiger partial charge in [-0.25, -0.2) is 9.59 Å². The highest BCUT2D eigenvalue weighted by atomic mass is 16.6. The lowest BCUT2D eigenvalue weighted by Crippen LogP contribution is -2.16. The summed E-state index contributed by atoms with van der Waals surface area (Å²) in [6.45, 7) is 1.33. The molecule has 0 amide bonds. The molecule has 0 aliphatic heterocycles. The monoisotopic (exact) mass is 382 g/mol. The number of para-hydroxylation sites is 2. The van der Waals surface area contributed by atoms with Gasteiger partial charge in [0.05, 0.1) is 17.7 Å². The van der Waals surface area contributed by atoms with Gasteiger partial charge < -0.3 is 18.6 Å². The third-order valence-electron chi connectivity index (χ3n) is 3.93. The van der Waals surface area contributed by atoms with Crippen LogP contribution >= 0.6 is 0 Å². The highest BCUT2D eigenvalue weighted by Crippen LogP contribution is 2.27.